The lowest BCUT2D eigenvalue weighted by atomic mass is 10.2. The number of aromatic nitrogens is 1. The van der Waals surface area contributed by atoms with Crippen LogP contribution >= 0.6 is 0 Å². The molecule has 3 aromatic rings. The van der Waals surface area contributed by atoms with E-state index in [0.717, 1.165) is 29.5 Å². The van der Waals surface area contributed by atoms with E-state index in [9.17, 15) is 0 Å². The molecule has 0 spiro atoms. The van der Waals surface area contributed by atoms with Gasteiger partial charge in [-0.05, 0) is 42.8 Å². The maximum absolute atomic E-state index is 5.95. The summed E-state index contributed by atoms with van der Waals surface area (Å²) in [6, 6.07) is 13.8. The fraction of sp³-hybridized carbons (Fsp3) is 0.263. The predicted molar refractivity (Wildman–Crippen MR) is 91.9 cm³/mol. The third-order valence-electron chi connectivity index (χ3n) is 3.76. The van der Waals surface area contributed by atoms with Crippen molar-refractivity contribution in [1.82, 2.24) is 4.98 Å². The number of hydrogen-bond donors (Lipinski definition) is 1. The predicted octanol–water partition coefficient (Wildman–Crippen LogP) is 4.93. The number of aryl methyl sites for hydroxylation is 1. The van der Waals surface area contributed by atoms with Crippen LogP contribution in [-0.2, 0) is 6.42 Å². The van der Waals surface area contributed by atoms with Crippen molar-refractivity contribution in [2.75, 3.05) is 14.2 Å². The number of benzene rings is 2. The lowest BCUT2D eigenvalue weighted by molar-refractivity contribution is 0.352. The molecule has 0 atom stereocenters. The number of fused-ring (bicyclic) bond motifs is 1. The molecule has 0 radical (unpaired) electrons. The maximum Gasteiger partial charge on any atom is 0.164 e. The normalized spacial score (nSPS) is 10.7. The van der Waals surface area contributed by atoms with Gasteiger partial charge in [0.25, 0.3) is 0 Å². The number of methoxy groups -OCH3 is 2. The second-order valence-corrected chi connectivity index (χ2v) is 5.41. The van der Waals surface area contributed by atoms with E-state index in [4.69, 9.17) is 14.2 Å². The van der Waals surface area contributed by atoms with Crippen LogP contribution in [-0.4, -0.2) is 19.2 Å². The van der Waals surface area contributed by atoms with Crippen LogP contribution in [0.5, 0.6) is 23.0 Å². The van der Waals surface area contributed by atoms with Gasteiger partial charge in [-0.25, -0.2) is 0 Å². The van der Waals surface area contributed by atoms with Crippen LogP contribution in [0.4, 0.5) is 0 Å². The summed E-state index contributed by atoms with van der Waals surface area (Å²) in [5, 5.41) is 1.16. The van der Waals surface area contributed by atoms with E-state index in [1.165, 1.54) is 5.69 Å². The zero-order chi connectivity index (χ0) is 16.2. The van der Waals surface area contributed by atoms with Crippen molar-refractivity contribution < 1.29 is 14.2 Å². The molecule has 23 heavy (non-hydrogen) atoms. The Morgan fingerprint density at radius 1 is 0.870 bits per heavy atom. The van der Waals surface area contributed by atoms with Gasteiger partial charge in [-0.3, -0.25) is 0 Å². The van der Waals surface area contributed by atoms with Gasteiger partial charge < -0.3 is 19.2 Å². The molecular weight excluding hydrogens is 290 g/mol. The number of aromatic amines is 1. The van der Waals surface area contributed by atoms with Crippen LogP contribution < -0.4 is 14.2 Å². The summed E-state index contributed by atoms with van der Waals surface area (Å²) in [6.45, 7) is 2.18. The van der Waals surface area contributed by atoms with Crippen molar-refractivity contribution in [2.45, 2.75) is 19.8 Å². The zero-order valence-corrected chi connectivity index (χ0v) is 13.7. The Labute approximate surface area is 136 Å². The first kappa shape index (κ1) is 15.3. The number of rotatable bonds is 6. The van der Waals surface area contributed by atoms with Gasteiger partial charge in [-0.15, -0.1) is 0 Å². The van der Waals surface area contributed by atoms with Crippen molar-refractivity contribution in [2.24, 2.45) is 0 Å². The van der Waals surface area contributed by atoms with Gasteiger partial charge in [-0.2, -0.15) is 0 Å². The molecule has 0 saturated carbocycles. The topological polar surface area (TPSA) is 43.5 Å². The fourth-order valence-corrected chi connectivity index (χ4v) is 2.65. The molecule has 0 aliphatic carbocycles. The van der Waals surface area contributed by atoms with Gasteiger partial charge in [0.2, 0.25) is 0 Å². The van der Waals surface area contributed by atoms with Crippen molar-refractivity contribution in [1.29, 1.82) is 0 Å². The second-order valence-electron chi connectivity index (χ2n) is 5.41. The van der Waals surface area contributed by atoms with Crippen LogP contribution in [0.2, 0.25) is 0 Å². The quantitative estimate of drug-likeness (QED) is 0.702. The van der Waals surface area contributed by atoms with E-state index in [1.807, 2.05) is 36.4 Å². The molecular formula is C19H21NO3. The van der Waals surface area contributed by atoms with Gasteiger partial charge in [0.05, 0.1) is 14.2 Å². The highest BCUT2D eigenvalue weighted by atomic mass is 16.5. The molecule has 0 aliphatic rings. The van der Waals surface area contributed by atoms with Crippen LogP contribution in [0.3, 0.4) is 0 Å². The minimum atomic E-state index is 0.651. The Bertz CT molecular complexity index is 807. The highest BCUT2D eigenvalue weighted by Crippen LogP contribution is 2.33. The first-order valence-corrected chi connectivity index (χ1v) is 7.75. The largest absolute Gasteiger partial charge is 0.493 e. The summed E-state index contributed by atoms with van der Waals surface area (Å²) < 4.78 is 16.5. The Kier molecular flexibility index (Phi) is 4.42. The summed E-state index contributed by atoms with van der Waals surface area (Å²) in [5.74, 6) is 2.85. The molecule has 0 unspecified atom stereocenters. The Morgan fingerprint density at radius 3 is 2.35 bits per heavy atom. The van der Waals surface area contributed by atoms with Crippen LogP contribution in [0.25, 0.3) is 10.9 Å². The monoisotopic (exact) mass is 311 g/mol. The van der Waals surface area contributed by atoms with E-state index in [-0.39, 0.29) is 0 Å². The SMILES string of the molecule is CCCc1cc2cc(Oc3ccc(OC)c(OC)c3)ccc2[nH]1. The molecule has 0 fully saturated rings. The molecule has 0 aliphatic heterocycles. The van der Waals surface area contributed by atoms with E-state index in [2.05, 4.69) is 18.0 Å². The third kappa shape index (κ3) is 3.26. The molecule has 0 amide bonds. The molecule has 0 bridgehead atoms. The highest BCUT2D eigenvalue weighted by Gasteiger charge is 2.07. The van der Waals surface area contributed by atoms with Crippen LogP contribution in [0.1, 0.15) is 19.0 Å². The van der Waals surface area contributed by atoms with Gasteiger partial charge in [-0.1, -0.05) is 13.3 Å². The fourth-order valence-electron chi connectivity index (χ4n) is 2.65. The zero-order valence-electron chi connectivity index (χ0n) is 13.7. The van der Waals surface area contributed by atoms with Crippen molar-refractivity contribution in [3.8, 4) is 23.0 Å². The van der Waals surface area contributed by atoms with Gasteiger partial charge in [0, 0.05) is 22.7 Å². The lowest BCUT2D eigenvalue weighted by Crippen LogP contribution is -1.91. The van der Waals surface area contributed by atoms with Crippen LogP contribution in [0, 0.1) is 0 Å². The Balaban J connectivity index is 1.86. The minimum absolute atomic E-state index is 0.651. The lowest BCUT2D eigenvalue weighted by Gasteiger charge is -2.10. The van der Waals surface area contributed by atoms with Gasteiger partial charge >= 0.3 is 0 Å². The molecule has 4 heteroatoms. The number of nitrogens with one attached hydrogen (secondary N) is 1. The average molecular weight is 311 g/mol. The first-order valence-electron chi connectivity index (χ1n) is 7.75. The van der Waals surface area contributed by atoms with E-state index in [0.29, 0.717) is 17.2 Å². The minimum Gasteiger partial charge on any atom is -0.493 e. The van der Waals surface area contributed by atoms with E-state index < -0.39 is 0 Å². The third-order valence-corrected chi connectivity index (χ3v) is 3.76. The van der Waals surface area contributed by atoms with Crippen molar-refractivity contribution in [3.63, 3.8) is 0 Å². The van der Waals surface area contributed by atoms with Crippen molar-refractivity contribution >= 4 is 10.9 Å². The summed E-state index contributed by atoms with van der Waals surface area (Å²) in [6.07, 6.45) is 2.18. The Morgan fingerprint density at radius 2 is 1.61 bits per heavy atom. The Hall–Kier alpha value is -2.62. The molecule has 2 aromatic carbocycles. The number of H-pyrrole nitrogens is 1. The highest BCUT2D eigenvalue weighted by molar-refractivity contribution is 5.82. The van der Waals surface area contributed by atoms with Gasteiger partial charge in [0.1, 0.15) is 11.5 Å². The molecule has 120 valence electrons. The van der Waals surface area contributed by atoms with Gasteiger partial charge in [0.15, 0.2) is 11.5 Å². The molecule has 1 aromatic heterocycles. The molecule has 1 N–H and O–H groups in total. The summed E-state index contributed by atoms with van der Waals surface area (Å²) >= 11 is 0. The summed E-state index contributed by atoms with van der Waals surface area (Å²) in [4.78, 5) is 3.43. The second kappa shape index (κ2) is 6.65. The molecule has 1 heterocycles. The van der Waals surface area contributed by atoms with Crippen molar-refractivity contribution in [3.05, 3.63) is 48.2 Å². The number of hydrogen-bond acceptors (Lipinski definition) is 3. The average Bonchev–Trinajstić information content (AvgIpc) is 2.96. The molecule has 3 rings (SSSR count). The molecule has 0 saturated heterocycles. The van der Waals surface area contributed by atoms with Crippen LogP contribution in [0.15, 0.2) is 42.5 Å². The van der Waals surface area contributed by atoms with E-state index in [1.54, 1.807) is 14.2 Å². The summed E-state index contributed by atoms with van der Waals surface area (Å²) in [7, 11) is 3.23. The maximum atomic E-state index is 5.95. The van der Waals surface area contributed by atoms with E-state index >= 15 is 0 Å². The standard InChI is InChI=1S/C19H21NO3/c1-4-5-14-10-13-11-15(6-8-17(13)20-14)23-16-7-9-18(21-2)19(12-16)22-3/h6-12,20H,4-5H2,1-3H3. The number of ether oxygens (including phenoxy) is 3. The summed E-state index contributed by atoms with van der Waals surface area (Å²) in [5.41, 5.74) is 2.39. The first-order chi connectivity index (χ1) is 11.2. The molecule has 4 nitrogen and oxygen atoms in total. The smallest absolute Gasteiger partial charge is 0.164 e.